The highest BCUT2D eigenvalue weighted by Crippen LogP contribution is 2.22. The van der Waals surface area contributed by atoms with E-state index >= 15 is 0 Å². The summed E-state index contributed by atoms with van der Waals surface area (Å²) in [5.74, 6) is -0.569. The summed E-state index contributed by atoms with van der Waals surface area (Å²) in [7, 11) is 1.21. The minimum atomic E-state index is -2.60. The molecule has 3 nitrogen and oxygen atoms in total. The maximum atomic E-state index is 12.0. The third-order valence-corrected chi connectivity index (χ3v) is 2.01. The van der Waals surface area contributed by atoms with Crippen LogP contribution in [0.3, 0.4) is 0 Å². The van der Waals surface area contributed by atoms with E-state index in [0.29, 0.717) is 5.56 Å². The Morgan fingerprint density at radius 2 is 2.24 bits per heavy atom. The highest BCUT2D eigenvalue weighted by Gasteiger charge is 2.15. The van der Waals surface area contributed by atoms with Crippen LogP contribution in [0.2, 0.25) is 0 Å². The van der Waals surface area contributed by atoms with Crippen molar-refractivity contribution in [2.75, 3.05) is 13.7 Å². The van der Waals surface area contributed by atoms with Crippen molar-refractivity contribution >= 4 is 12.0 Å². The number of hydrogen-bond acceptors (Lipinski definition) is 3. The molecule has 0 saturated heterocycles. The molecule has 17 heavy (non-hydrogen) atoms. The van der Waals surface area contributed by atoms with E-state index in [4.69, 9.17) is 4.74 Å². The Morgan fingerprint density at radius 1 is 1.53 bits per heavy atom. The van der Waals surface area contributed by atoms with E-state index in [1.807, 2.05) is 0 Å². The molecule has 1 aromatic rings. The van der Waals surface area contributed by atoms with Gasteiger partial charge in [0.05, 0.1) is 7.11 Å². The zero-order valence-corrected chi connectivity index (χ0v) is 9.28. The van der Waals surface area contributed by atoms with E-state index in [2.05, 4.69) is 11.3 Å². The molecule has 0 spiro atoms. The van der Waals surface area contributed by atoms with Gasteiger partial charge in [0, 0.05) is 0 Å². The number of methoxy groups -OCH3 is 1. The van der Waals surface area contributed by atoms with Crippen LogP contribution in [-0.4, -0.2) is 26.1 Å². The van der Waals surface area contributed by atoms with Gasteiger partial charge in [-0.15, -0.1) is 0 Å². The predicted octanol–water partition coefficient (Wildman–Crippen LogP) is 2.76. The van der Waals surface area contributed by atoms with Gasteiger partial charge in [-0.2, -0.15) is 0 Å². The average Bonchev–Trinajstić information content (AvgIpc) is 2.35. The lowest BCUT2D eigenvalue weighted by Crippen LogP contribution is -2.11. The lowest BCUT2D eigenvalue weighted by atomic mass is 10.1. The topological polar surface area (TPSA) is 35.5 Å². The summed E-state index contributed by atoms with van der Waals surface area (Å²) < 4.78 is 33.4. The van der Waals surface area contributed by atoms with Crippen LogP contribution in [0, 0.1) is 0 Å². The van der Waals surface area contributed by atoms with Crippen molar-refractivity contribution in [3.63, 3.8) is 0 Å². The summed E-state index contributed by atoms with van der Waals surface area (Å²) in [6.45, 7) is 2.78. The molecule has 1 rings (SSSR count). The Kier molecular flexibility index (Phi) is 4.63. The summed E-state index contributed by atoms with van der Waals surface area (Å²) in [6.07, 6.45) is -1.07. The van der Waals surface area contributed by atoms with Crippen LogP contribution in [0.5, 0.6) is 5.75 Å². The molecule has 92 valence electrons. The van der Waals surface area contributed by atoms with Crippen molar-refractivity contribution < 1.29 is 23.0 Å². The van der Waals surface area contributed by atoms with Crippen molar-refractivity contribution in [3.8, 4) is 5.75 Å². The van der Waals surface area contributed by atoms with E-state index in [1.54, 1.807) is 6.07 Å². The van der Waals surface area contributed by atoms with Gasteiger partial charge in [0.25, 0.3) is 6.43 Å². The van der Waals surface area contributed by atoms with Crippen LogP contribution in [0.15, 0.2) is 24.8 Å². The summed E-state index contributed by atoms with van der Waals surface area (Å²) in [5, 5.41) is 0. The third kappa shape index (κ3) is 3.55. The van der Waals surface area contributed by atoms with E-state index in [0.717, 1.165) is 0 Å². The van der Waals surface area contributed by atoms with Gasteiger partial charge in [0.1, 0.15) is 17.9 Å². The number of hydrogen-bond donors (Lipinski definition) is 0. The molecule has 0 aliphatic heterocycles. The number of carbonyl (C=O) groups excluding carboxylic acids is 1. The zero-order valence-electron chi connectivity index (χ0n) is 9.28. The Morgan fingerprint density at radius 3 is 2.76 bits per heavy atom. The number of rotatable bonds is 5. The van der Waals surface area contributed by atoms with E-state index in [-0.39, 0.29) is 11.3 Å². The van der Waals surface area contributed by atoms with Crippen molar-refractivity contribution in [1.29, 1.82) is 0 Å². The minimum Gasteiger partial charge on any atom is -0.487 e. The smallest absolute Gasteiger partial charge is 0.341 e. The van der Waals surface area contributed by atoms with Crippen LogP contribution in [0.25, 0.3) is 6.08 Å². The number of alkyl halides is 2. The number of benzene rings is 1. The fourth-order valence-electron chi connectivity index (χ4n) is 1.22. The lowest BCUT2D eigenvalue weighted by molar-refractivity contribution is 0.0578. The standard InChI is InChI=1S/C12H12F2O3/c1-3-8-4-5-10(17-7-11(13)14)9(6-8)12(15)16-2/h3-6,11H,1,7H2,2H3. The number of halogens is 2. The Bertz CT molecular complexity index is 416. The highest BCUT2D eigenvalue weighted by atomic mass is 19.3. The fraction of sp³-hybridized carbons (Fsp3) is 0.250. The Balaban J connectivity index is 3.02. The zero-order chi connectivity index (χ0) is 12.8. The molecule has 0 aromatic heterocycles. The van der Waals surface area contributed by atoms with Crippen LogP contribution in [-0.2, 0) is 4.74 Å². The summed E-state index contributed by atoms with van der Waals surface area (Å²) in [4.78, 5) is 11.4. The van der Waals surface area contributed by atoms with Crippen molar-refractivity contribution in [2.45, 2.75) is 6.43 Å². The molecule has 0 amide bonds. The average molecular weight is 242 g/mol. The van der Waals surface area contributed by atoms with Crippen LogP contribution < -0.4 is 4.74 Å². The molecule has 5 heteroatoms. The Labute approximate surface area is 97.7 Å². The summed E-state index contributed by atoms with van der Waals surface area (Å²) in [6, 6.07) is 4.52. The SMILES string of the molecule is C=Cc1ccc(OCC(F)F)c(C(=O)OC)c1. The van der Waals surface area contributed by atoms with E-state index < -0.39 is 19.0 Å². The van der Waals surface area contributed by atoms with Gasteiger partial charge in [0.15, 0.2) is 0 Å². The molecule has 0 fully saturated rings. The highest BCUT2D eigenvalue weighted by molar-refractivity contribution is 5.93. The maximum Gasteiger partial charge on any atom is 0.341 e. The van der Waals surface area contributed by atoms with Crippen molar-refractivity contribution in [3.05, 3.63) is 35.9 Å². The summed E-state index contributed by atoms with van der Waals surface area (Å²) >= 11 is 0. The first-order valence-corrected chi connectivity index (χ1v) is 4.84. The predicted molar refractivity (Wildman–Crippen MR) is 59.4 cm³/mol. The molecule has 0 N–H and O–H groups in total. The van der Waals surface area contributed by atoms with Crippen LogP contribution in [0.4, 0.5) is 8.78 Å². The maximum absolute atomic E-state index is 12.0. The molecule has 0 heterocycles. The molecule has 0 aliphatic rings. The molecule has 0 atom stereocenters. The van der Waals surface area contributed by atoms with Gasteiger partial charge in [-0.25, -0.2) is 13.6 Å². The van der Waals surface area contributed by atoms with Gasteiger partial charge >= 0.3 is 5.97 Å². The molecule has 0 bridgehead atoms. The monoisotopic (exact) mass is 242 g/mol. The van der Waals surface area contributed by atoms with Gasteiger partial charge in [-0.1, -0.05) is 18.7 Å². The number of ether oxygens (including phenoxy) is 2. The first kappa shape index (κ1) is 13.2. The molecule has 0 radical (unpaired) electrons. The minimum absolute atomic E-state index is 0.0720. The number of carbonyl (C=O) groups is 1. The second-order valence-electron chi connectivity index (χ2n) is 3.15. The molecule has 0 saturated carbocycles. The quantitative estimate of drug-likeness (QED) is 0.745. The molecular formula is C12H12F2O3. The van der Waals surface area contributed by atoms with Gasteiger partial charge in [0.2, 0.25) is 0 Å². The lowest BCUT2D eigenvalue weighted by Gasteiger charge is -2.10. The van der Waals surface area contributed by atoms with E-state index in [1.165, 1.54) is 25.3 Å². The normalized spacial score (nSPS) is 10.1. The summed E-state index contributed by atoms with van der Waals surface area (Å²) in [5.41, 5.74) is 0.778. The van der Waals surface area contributed by atoms with E-state index in [9.17, 15) is 13.6 Å². The largest absolute Gasteiger partial charge is 0.487 e. The second kappa shape index (κ2) is 5.98. The molecule has 1 aromatic carbocycles. The first-order valence-electron chi connectivity index (χ1n) is 4.84. The molecular weight excluding hydrogens is 230 g/mol. The molecule has 0 aliphatic carbocycles. The molecule has 0 unspecified atom stereocenters. The van der Waals surface area contributed by atoms with Crippen molar-refractivity contribution in [1.82, 2.24) is 0 Å². The van der Waals surface area contributed by atoms with Crippen LogP contribution in [0.1, 0.15) is 15.9 Å². The van der Waals surface area contributed by atoms with Gasteiger partial charge < -0.3 is 9.47 Å². The van der Waals surface area contributed by atoms with Gasteiger partial charge in [-0.3, -0.25) is 0 Å². The second-order valence-corrected chi connectivity index (χ2v) is 3.15. The van der Waals surface area contributed by atoms with Crippen LogP contribution >= 0.6 is 0 Å². The third-order valence-electron chi connectivity index (χ3n) is 2.01. The first-order chi connectivity index (χ1) is 8.08. The van der Waals surface area contributed by atoms with Gasteiger partial charge in [-0.05, 0) is 17.7 Å². The fourth-order valence-corrected chi connectivity index (χ4v) is 1.22. The Hall–Kier alpha value is -1.91. The number of esters is 1. The van der Waals surface area contributed by atoms with Crippen molar-refractivity contribution in [2.24, 2.45) is 0 Å².